The predicted octanol–water partition coefficient (Wildman–Crippen LogP) is 8.45. The van der Waals surface area contributed by atoms with Crippen LogP contribution < -0.4 is 24.6 Å². The number of rotatable bonds is 11. The summed E-state index contributed by atoms with van der Waals surface area (Å²) in [6.45, 7) is 5.49. The van der Waals surface area contributed by atoms with E-state index in [1.807, 2.05) is 32.0 Å². The summed E-state index contributed by atoms with van der Waals surface area (Å²) in [7, 11) is 2.67. The van der Waals surface area contributed by atoms with Crippen molar-refractivity contribution in [2.24, 2.45) is 5.73 Å². The van der Waals surface area contributed by atoms with Gasteiger partial charge in [-0.15, -0.1) is 0 Å². The molecule has 6 aliphatic rings. The fourth-order valence-electron chi connectivity index (χ4n) is 10.8. The molecule has 95 heavy (non-hydrogen) atoms. The Kier molecular flexibility index (Phi) is 28.0. The molecular formula is C62H70BrCl4F4LiN8O15. The Hall–Kier alpha value is -5.49. The Morgan fingerprint density at radius 2 is 1.02 bits per heavy atom. The van der Waals surface area contributed by atoms with Gasteiger partial charge in [0.1, 0.15) is 16.9 Å². The molecule has 0 spiro atoms. The number of hydrogen-bond acceptors (Lipinski definition) is 17. The quantitative estimate of drug-likeness (QED) is 0.0266. The maximum atomic E-state index is 13.3. The van der Waals surface area contributed by atoms with Crippen molar-refractivity contribution < 1.29 is 110 Å². The number of hydrogen-bond donors (Lipinski definition) is 5. The van der Waals surface area contributed by atoms with Crippen LogP contribution >= 0.6 is 62.3 Å². The first-order valence-electron chi connectivity index (χ1n) is 29.3. The number of carbonyl (C=O) groups excluding carboxylic acids is 3. The SMILES string of the molecule is BrC1COC1.COC(=O)c1c[nH]c2nccc(Cl)c12.COC(=O)c1cn(C2COC2)c2nccc(Cl)c12.NCC1(O)CCC(F)(F)CC1.O.O=C(CCC1(O)CCC(F)(F)CC1)c1cn(C2COC2)c2cccc(Cl)c12.O=C(O)c1cn(C2COC2)c2nccc(Cl)c12.[Li+].[OH-]. The molecule has 4 aliphatic heterocycles. The van der Waals surface area contributed by atoms with Crippen molar-refractivity contribution in [1.29, 1.82) is 0 Å². The van der Waals surface area contributed by atoms with Gasteiger partial charge in [-0.05, 0) is 62.4 Å². The van der Waals surface area contributed by atoms with Gasteiger partial charge in [-0.3, -0.25) is 4.79 Å². The van der Waals surface area contributed by atoms with E-state index in [1.54, 1.807) is 55.2 Å². The van der Waals surface area contributed by atoms with E-state index < -0.39 is 41.0 Å². The number of Topliss-reactive ketones (excluding diaryl/α,β-unsaturated/α-hetero) is 1. The molecule has 23 nitrogen and oxygen atoms in total. The number of carboxylic acids is 1. The molecular weight excluding hydrogens is 1400 g/mol. The monoisotopic (exact) mass is 1470 g/mol. The van der Waals surface area contributed by atoms with Gasteiger partial charge < -0.3 is 79.1 Å². The van der Waals surface area contributed by atoms with Gasteiger partial charge in [-0.1, -0.05) is 68.4 Å². The third-order valence-corrected chi connectivity index (χ3v) is 18.4. The standard InChI is InChI=1S/C20H22ClF2NO3.C12H11ClN2O3.C11H9ClN2O3.C9H7ClN2O2.C7H13F2NO.C3H5BrO.Li.2H2O/c21-15-2-1-3-16-18(15)14(10-24(16)13-11-27-12-13)17(25)4-5-19(26)6-8-20(22,23)9-7-19;1-17-12(16)8-4-15(7-5-18-6-7)11-10(8)9(13)2-3-14-11;12-8-1-2-13-10-9(8)7(11(15)16)3-14(10)6-4-17-5-6;1-14-9(13)5-4-12-8-7(5)6(10)2-3-11-8;8-7(9)3-1-6(11,5-10)2-4-7;4-3-1-5-2-3;;;/h1-3,10,13,26H,4-9,11-12H2;2-4,7H,5-6H2,1H3;1-3,6H,4-5H2,(H,15,16);2-4H,1H3,(H,11,12);11H,1-5,10H2;3H,1-2H2;;2*1H2/q;;;;;;+1;;/p-1. The number of benzene rings is 1. The number of aromatic carboxylic acids is 1. The summed E-state index contributed by atoms with van der Waals surface area (Å²) >= 11 is 27.8. The Morgan fingerprint density at radius 1 is 0.611 bits per heavy atom. The van der Waals surface area contributed by atoms with Crippen LogP contribution in [0.5, 0.6) is 0 Å². The molecule has 0 bridgehead atoms. The fourth-order valence-corrected chi connectivity index (χ4v) is 12.2. The molecule has 14 rings (SSSR count). The second kappa shape index (κ2) is 33.8. The molecule has 8 aromatic rings. The maximum Gasteiger partial charge on any atom is 1.00 e. The van der Waals surface area contributed by atoms with Gasteiger partial charge in [0.2, 0.25) is 11.8 Å². The van der Waals surface area contributed by atoms with Crippen molar-refractivity contribution in [1.82, 2.24) is 33.6 Å². The summed E-state index contributed by atoms with van der Waals surface area (Å²) < 4.78 is 87.2. The Labute approximate surface area is 582 Å². The van der Waals surface area contributed by atoms with Crippen LogP contribution in [0.1, 0.15) is 124 Å². The number of ketones is 1. The Bertz CT molecular complexity index is 3940. The summed E-state index contributed by atoms with van der Waals surface area (Å²) in [5, 5.41) is 33.5. The normalized spacial score (nSPS) is 18.3. The number of aromatic amines is 1. The van der Waals surface area contributed by atoms with Gasteiger partial charge >= 0.3 is 36.8 Å². The minimum atomic E-state index is -2.71. The van der Waals surface area contributed by atoms with Crippen LogP contribution in [-0.2, 0) is 28.4 Å². The van der Waals surface area contributed by atoms with Crippen LogP contribution in [0, 0.1) is 0 Å². The topological polar surface area (TPSA) is 341 Å². The zero-order valence-electron chi connectivity index (χ0n) is 51.8. The van der Waals surface area contributed by atoms with Crippen molar-refractivity contribution in [3.63, 3.8) is 0 Å². The van der Waals surface area contributed by atoms with E-state index >= 15 is 0 Å². The van der Waals surface area contributed by atoms with Crippen molar-refractivity contribution >= 4 is 130 Å². The van der Waals surface area contributed by atoms with E-state index in [4.69, 9.17) is 80.9 Å². The first-order valence-corrected chi connectivity index (χ1v) is 31.7. The van der Waals surface area contributed by atoms with Crippen molar-refractivity contribution in [3.05, 3.63) is 122 Å². The van der Waals surface area contributed by atoms with Gasteiger partial charge in [-0.2, -0.15) is 0 Å². The van der Waals surface area contributed by atoms with E-state index in [0.717, 1.165) is 18.7 Å². The fraction of sp³-hybridized carbons (Fsp3) is 0.468. The minimum absolute atomic E-state index is 0. The molecule has 4 saturated heterocycles. The second-order valence-electron chi connectivity index (χ2n) is 23.0. The number of H-pyrrole nitrogens is 1. The average Bonchev–Trinajstić information content (AvgIpc) is 1.63. The van der Waals surface area contributed by atoms with Gasteiger partial charge in [0.15, 0.2) is 5.78 Å². The number of methoxy groups -OCH3 is 2. The summed E-state index contributed by atoms with van der Waals surface area (Å²) in [5.41, 5.74) is 7.32. The third-order valence-electron chi connectivity index (χ3n) is 16.7. The number of nitrogens with two attached hydrogens (primary N) is 1. The molecule has 0 radical (unpaired) electrons. The molecule has 11 heterocycles. The van der Waals surface area contributed by atoms with E-state index in [9.17, 15) is 47.0 Å². The van der Waals surface area contributed by atoms with E-state index in [0.29, 0.717) is 120 Å². The van der Waals surface area contributed by atoms with Crippen LogP contribution in [0.25, 0.3) is 44.0 Å². The van der Waals surface area contributed by atoms with Crippen molar-refractivity contribution in [2.45, 2.75) is 110 Å². The molecule has 1 aromatic carbocycles. The first-order chi connectivity index (χ1) is 43.8. The summed E-state index contributed by atoms with van der Waals surface area (Å²) in [6, 6.07) is 10.9. The number of alkyl halides is 5. The largest absolute Gasteiger partial charge is 1.00 e. The number of aromatic nitrogens is 7. The molecule has 2 aliphatic carbocycles. The number of aliphatic hydroxyl groups is 2. The van der Waals surface area contributed by atoms with Crippen LogP contribution in [-0.4, -0.2) is 185 Å². The summed E-state index contributed by atoms with van der Waals surface area (Å²) in [6.07, 6.45) is 10.9. The van der Waals surface area contributed by atoms with Crippen LogP contribution in [0.4, 0.5) is 17.6 Å². The van der Waals surface area contributed by atoms with E-state index in [-0.39, 0.29) is 130 Å². The number of nitrogens with zero attached hydrogens (tertiary/aromatic N) is 6. The summed E-state index contributed by atoms with van der Waals surface area (Å²) in [4.78, 5) is 63.2. The molecule has 7 aromatic heterocycles. The second-order valence-corrected chi connectivity index (χ2v) is 25.9. The van der Waals surface area contributed by atoms with Gasteiger partial charge in [0, 0.05) is 93.0 Å². The number of nitrogens with one attached hydrogen (secondary N) is 1. The van der Waals surface area contributed by atoms with E-state index in [2.05, 4.69) is 40.6 Å². The molecule has 512 valence electrons. The number of ether oxygens (including phenoxy) is 6. The number of carboxylic acid groups (broad SMARTS) is 1. The predicted molar refractivity (Wildman–Crippen MR) is 345 cm³/mol. The first kappa shape index (κ1) is 78.5. The number of halogens is 9. The molecule has 9 N–H and O–H groups in total. The van der Waals surface area contributed by atoms with Gasteiger partial charge in [0.05, 0.1) is 160 Å². The Balaban J connectivity index is 0.000000188. The zero-order chi connectivity index (χ0) is 66.3. The molecule has 6 fully saturated rings. The number of carbonyl (C=O) groups is 4. The van der Waals surface area contributed by atoms with E-state index in [1.165, 1.54) is 20.4 Å². The average molecular weight is 1470 g/mol. The summed E-state index contributed by atoms with van der Waals surface area (Å²) in [5.74, 6) is -7.24. The maximum absolute atomic E-state index is 13.3. The molecule has 0 unspecified atom stereocenters. The zero-order valence-corrected chi connectivity index (χ0v) is 56.4. The van der Waals surface area contributed by atoms with Crippen LogP contribution in [0.15, 0.2) is 79.8 Å². The van der Waals surface area contributed by atoms with Gasteiger partial charge in [-0.25, -0.2) is 46.9 Å². The van der Waals surface area contributed by atoms with Crippen molar-refractivity contribution in [3.8, 4) is 0 Å². The molecule has 0 amide bonds. The molecule has 2 saturated carbocycles. The molecule has 0 atom stereocenters. The third kappa shape index (κ3) is 18.6. The number of esters is 2. The van der Waals surface area contributed by atoms with Crippen LogP contribution in [0.3, 0.4) is 0 Å². The number of pyridine rings is 3. The van der Waals surface area contributed by atoms with Gasteiger partial charge in [0.25, 0.3) is 0 Å². The smallest absolute Gasteiger partial charge is 0.870 e. The minimum Gasteiger partial charge on any atom is -0.870 e. The number of fused-ring (bicyclic) bond motifs is 4. The Morgan fingerprint density at radius 3 is 1.46 bits per heavy atom. The van der Waals surface area contributed by atoms with Crippen molar-refractivity contribution in [2.75, 3.05) is 73.6 Å². The van der Waals surface area contributed by atoms with Crippen LogP contribution in [0.2, 0.25) is 20.1 Å². The molecule has 33 heteroatoms.